The Morgan fingerprint density at radius 1 is 1.00 bits per heavy atom. The fraction of sp³-hybridized carbons (Fsp3) is 0.333. The van der Waals surface area contributed by atoms with Crippen molar-refractivity contribution in [3.05, 3.63) is 65.2 Å². The summed E-state index contributed by atoms with van der Waals surface area (Å²) in [5.74, 6) is -0.0892. The molecule has 0 radical (unpaired) electrons. The fourth-order valence-electron chi connectivity index (χ4n) is 4.01. The number of amides is 2. The highest BCUT2D eigenvalue weighted by Crippen LogP contribution is 2.20. The van der Waals surface area contributed by atoms with Gasteiger partial charge in [-0.25, -0.2) is 0 Å². The summed E-state index contributed by atoms with van der Waals surface area (Å²) in [4.78, 5) is 30.2. The van der Waals surface area contributed by atoms with Crippen molar-refractivity contribution in [1.82, 2.24) is 4.90 Å². The standard InChI is InChI=1S/C21H22ClN3O2/c22-17-7-4-8-18(13-17)23-9-11-24(12-10-23)19-14-20(26)25(21(19)27)15-16-5-2-1-3-6-16/h1-8,13,19H,9-12,14-15H2/p+1/t19-/m0/s1. The molecule has 0 spiro atoms. The van der Waals surface area contributed by atoms with Crippen molar-refractivity contribution in [2.24, 2.45) is 0 Å². The summed E-state index contributed by atoms with van der Waals surface area (Å²) in [5.41, 5.74) is 2.10. The van der Waals surface area contributed by atoms with Crippen LogP contribution in [-0.4, -0.2) is 48.9 Å². The molecule has 0 bridgehead atoms. The lowest BCUT2D eigenvalue weighted by atomic mass is 10.1. The minimum Gasteiger partial charge on any atom is -0.360 e. The second-order valence-electron chi connectivity index (χ2n) is 7.19. The zero-order valence-electron chi connectivity index (χ0n) is 15.1. The molecule has 2 aliphatic heterocycles. The zero-order chi connectivity index (χ0) is 18.8. The van der Waals surface area contributed by atoms with Gasteiger partial charge >= 0.3 is 0 Å². The number of carbonyl (C=O) groups is 2. The van der Waals surface area contributed by atoms with Crippen molar-refractivity contribution in [2.75, 3.05) is 31.1 Å². The van der Waals surface area contributed by atoms with Gasteiger partial charge in [-0.15, -0.1) is 0 Å². The van der Waals surface area contributed by atoms with Crippen LogP contribution in [0.15, 0.2) is 54.6 Å². The number of piperazine rings is 1. The van der Waals surface area contributed by atoms with Crippen molar-refractivity contribution < 1.29 is 14.5 Å². The van der Waals surface area contributed by atoms with Crippen LogP contribution in [0.3, 0.4) is 0 Å². The molecule has 4 rings (SSSR count). The molecule has 0 aliphatic carbocycles. The number of anilines is 1. The predicted molar refractivity (Wildman–Crippen MR) is 105 cm³/mol. The average molecular weight is 385 g/mol. The molecular weight excluding hydrogens is 362 g/mol. The predicted octanol–water partition coefficient (Wildman–Crippen LogP) is 1.37. The molecule has 6 heteroatoms. The molecule has 2 saturated heterocycles. The molecule has 1 atom stereocenters. The minimum atomic E-state index is -0.247. The van der Waals surface area contributed by atoms with Gasteiger partial charge in [-0.05, 0) is 23.8 Å². The van der Waals surface area contributed by atoms with E-state index in [0.717, 1.165) is 42.5 Å². The number of rotatable bonds is 4. The van der Waals surface area contributed by atoms with Crippen LogP contribution in [0.25, 0.3) is 0 Å². The van der Waals surface area contributed by atoms with Gasteiger partial charge in [-0.2, -0.15) is 0 Å². The molecule has 2 aromatic rings. The molecule has 0 aromatic heterocycles. The number of nitrogens with one attached hydrogen (secondary N) is 1. The third kappa shape index (κ3) is 3.84. The third-order valence-corrected chi connectivity index (χ3v) is 5.73. The van der Waals surface area contributed by atoms with E-state index in [2.05, 4.69) is 11.0 Å². The first kappa shape index (κ1) is 18.0. The normalized spacial score (nSPS) is 21.1. The number of benzene rings is 2. The lowest BCUT2D eigenvalue weighted by molar-refractivity contribution is -0.915. The summed E-state index contributed by atoms with van der Waals surface area (Å²) < 4.78 is 0. The number of hydrogen-bond donors (Lipinski definition) is 1. The summed E-state index contributed by atoms with van der Waals surface area (Å²) in [5, 5.41) is 0.732. The lowest BCUT2D eigenvalue weighted by Crippen LogP contribution is -3.19. The Kier molecular flexibility index (Phi) is 5.14. The van der Waals surface area contributed by atoms with Crippen LogP contribution < -0.4 is 9.80 Å². The SMILES string of the molecule is O=C1C[C@H]([NH+]2CCN(c3cccc(Cl)c3)CC2)C(=O)N1Cc1ccccc1. The Bertz CT molecular complexity index is 834. The highest BCUT2D eigenvalue weighted by molar-refractivity contribution is 6.30. The quantitative estimate of drug-likeness (QED) is 0.810. The molecule has 0 unspecified atom stereocenters. The summed E-state index contributed by atoms with van der Waals surface area (Å²) in [7, 11) is 0. The zero-order valence-corrected chi connectivity index (χ0v) is 15.9. The van der Waals surface area contributed by atoms with Crippen molar-refractivity contribution in [3.8, 4) is 0 Å². The molecule has 1 N–H and O–H groups in total. The Morgan fingerprint density at radius 3 is 2.44 bits per heavy atom. The second kappa shape index (κ2) is 7.71. The Hall–Kier alpha value is -2.37. The first-order chi connectivity index (χ1) is 13.1. The van der Waals surface area contributed by atoms with Gasteiger partial charge < -0.3 is 9.80 Å². The van der Waals surface area contributed by atoms with Gasteiger partial charge in [0, 0.05) is 10.7 Å². The van der Waals surface area contributed by atoms with E-state index in [-0.39, 0.29) is 17.9 Å². The molecule has 2 amide bonds. The number of carbonyl (C=O) groups excluding carboxylic acids is 2. The van der Waals surface area contributed by atoms with E-state index in [1.165, 1.54) is 9.80 Å². The van der Waals surface area contributed by atoms with E-state index < -0.39 is 0 Å². The number of likely N-dealkylation sites (tertiary alicyclic amines) is 1. The van der Waals surface area contributed by atoms with Gasteiger partial charge in [0.1, 0.15) is 0 Å². The molecule has 2 aliphatic rings. The van der Waals surface area contributed by atoms with Crippen LogP contribution in [0.4, 0.5) is 5.69 Å². The van der Waals surface area contributed by atoms with E-state index >= 15 is 0 Å². The maximum Gasteiger partial charge on any atom is 0.288 e. The Morgan fingerprint density at radius 2 is 1.74 bits per heavy atom. The minimum absolute atomic E-state index is 0.0324. The monoisotopic (exact) mass is 384 g/mol. The fourth-order valence-corrected chi connectivity index (χ4v) is 4.19. The largest absolute Gasteiger partial charge is 0.360 e. The number of quaternary nitrogens is 1. The number of halogens is 1. The average Bonchev–Trinajstić information content (AvgIpc) is 2.97. The van der Waals surface area contributed by atoms with E-state index in [4.69, 9.17) is 11.6 Å². The highest BCUT2D eigenvalue weighted by Gasteiger charge is 2.45. The topological polar surface area (TPSA) is 45.1 Å². The molecule has 2 heterocycles. The third-order valence-electron chi connectivity index (χ3n) is 5.50. The highest BCUT2D eigenvalue weighted by atomic mass is 35.5. The van der Waals surface area contributed by atoms with Gasteiger partial charge in [0.05, 0.1) is 39.1 Å². The van der Waals surface area contributed by atoms with Crippen LogP contribution >= 0.6 is 11.6 Å². The number of hydrogen-bond acceptors (Lipinski definition) is 3. The Labute approximate surface area is 164 Å². The molecule has 140 valence electrons. The number of imide groups is 1. The molecular formula is C21H23ClN3O2+. The van der Waals surface area contributed by atoms with Gasteiger partial charge in [0.15, 0.2) is 6.04 Å². The summed E-state index contributed by atoms with van der Waals surface area (Å²) in [6.07, 6.45) is 0.318. The second-order valence-corrected chi connectivity index (χ2v) is 7.62. The summed E-state index contributed by atoms with van der Waals surface area (Å²) >= 11 is 6.09. The van der Waals surface area contributed by atoms with Gasteiger partial charge in [0.25, 0.3) is 5.91 Å². The summed E-state index contributed by atoms with van der Waals surface area (Å²) in [6, 6.07) is 17.3. The van der Waals surface area contributed by atoms with Crippen molar-refractivity contribution in [1.29, 1.82) is 0 Å². The maximum atomic E-state index is 12.9. The van der Waals surface area contributed by atoms with E-state index in [9.17, 15) is 9.59 Å². The van der Waals surface area contributed by atoms with E-state index in [1.807, 2.05) is 48.5 Å². The summed E-state index contributed by atoms with van der Waals surface area (Å²) in [6.45, 7) is 3.76. The lowest BCUT2D eigenvalue weighted by Gasteiger charge is -2.35. The Balaban J connectivity index is 1.38. The van der Waals surface area contributed by atoms with Crippen LogP contribution in [0, 0.1) is 0 Å². The smallest absolute Gasteiger partial charge is 0.288 e. The first-order valence-electron chi connectivity index (χ1n) is 9.35. The van der Waals surface area contributed by atoms with Gasteiger partial charge in [0.2, 0.25) is 5.91 Å². The van der Waals surface area contributed by atoms with Crippen LogP contribution in [-0.2, 0) is 16.1 Å². The van der Waals surface area contributed by atoms with Crippen LogP contribution in [0.1, 0.15) is 12.0 Å². The van der Waals surface area contributed by atoms with Crippen LogP contribution in [0.2, 0.25) is 5.02 Å². The van der Waals surface area contributed by atoms with Crippen molar-refractivity contribution in [2.45, 2.75) is 19.0 Å². The molecule has 27 heavy (non-hydrogen) atoms. The first-order valence-corrected chi connectivity index (χ1v) is 9.73. The van der Waals surface area contributed by atoms with E-state index in [1.54, 1.807) is 0 Å². The molecule has 2 aromatic carbocycles. The molecule has 0 saturated carbocycles. The number of nitrogens with zero attached hydrogens (tertiary/aromatic N) is 2. The van der Waals surface area contributed by atoms with Gasteiger partial charge in [-0.1, -0.05) is 48.0 Å². The maximum absolute atomic E-state index is 12.9. The van der Waals surface area contributed by atoms with Crippen molar-refractivity contribution in [3.63, 3.8) is 0 Å². The van der Waals surface area contributed by atoms with Gasteiger partial charge in [-0.3, -0.25) is 14.5 Å². The van der Waals surface area contributed by atoms with Crippen LogP contribution in [0.5, 0.6) is 0 Å². The van der Waals surface area contributed by atoms with Crippen molar-refractivity contribution >= 4 is 29.1 Å². The molecule has 2 fully saturated rings. The molecule has 5 nitrogen and oxygen atoms in total. The van der Waals surface area contributed by atoms with E-state index in [0.29, 0.717) is 13.0 Å².